The van der Waals surface area contributed by atoms with E-state index >= 15 is 0 Å². The Balaban J connectivity index is 1.42. The van der Waals surface area contributed by atoms with Gasteiger partial charge in [-0.15, -0.1) is 0 Å². The molecular formula is C20H27N3O2S. The Morgan fingerprint density at radius 1 is 1.12 bits per heavy atom. The highest BCUT2D eigenvalue weighted by Gasteiger charge is 2.19. The standard InChI is InChI=1S/C20H27N3O2S/c1-26(24,25)22-20-6-4-17(5-7-20)15-18-8-12-23(13-9-18)14-10-19-3-2-11-21-16-19/h2-7,11,16,18,22H,8-10,12-15H2,1H3. The van der Waals surface area contributed by atoms with Crippen molar-refractivity contribution in [3.05, 3.63) is 59.9 Å². The molecule has 1 aromatic heterocycles. The maximum absolute atomic E-state index is 11.3. The minimum absolute atomic E-state index is 0.626. The molecule has 1 aliphatic heterocycles. The molecule has 2 heterocycles. The van der Waals surface area contributed by atoms with E-state index < -0.39 is 10.0 Å². The molecule has 6 heteroatoms. The number of hydrogen-bond donors (Lipinski definition) is 1. The highest BCUT2D eigenvalue weighted by Crippen LogP contribution is 2.23. The molecule has 1 aromatic carbocycles. The SMILES string of the molecule is CS(=O)(=O)Nc1ccc(CC2CCN(CCc3cccnc3)CC2)cc1. The zero-order valence-corrected chi connectivity index (χ0v) is 16.1. The van der Waals surface area contributed by atoms with Crippen LogP contribution in [0.15, 0.2) is 48.8 Å². The number of nitrogens with zero attached hydrogens (tertiary/aromatic N) is 2. The van der Waals surface area contributed by atoms with Crippen LogP contribution >= 0.6 is 0 Å². The normalized spacial score (nSPS) is 16.5. The second-order valence-electron chi connectivity index (χ2n) is 7.17. The predicted octanol–water partition coefficient (Wildman–Crippen LogP) is 2.95. The summed E-state index contributed by atoms with van der Waals surface area (Å²) in [5.74, 6) is 0.707. The third kappa shape index (κ3) is 6.11. The number of likely N-dealkylation sites (tertiary alicyclic amines) is 1. The van der Waals surface area contributed by atoms with Crippen LogP contribution < -0.4 is 4.72 Å². The zero-order valence-electron chi connectivity index (χ0n) is 15.3. The summed E-state index contributed by atoms with van der Waals surface area (Å²) in [6.45, 7) is 3.40. The van der Waals surface area contributed by atoms with Gasteiger partial charge in [0.15, 0.2) is 0 Å². The Labute approximate surface area is 156 Å². The van der Waals surface area contributed by atoms with E-state index in [1.807, 2.05) is 42.7 Å². The predicted molar refractivity (Wildman–Crippen MR) is 106 cm³/mol. The number of aromatic nitrogens is 1. The average Bonchev–Trinajstić information content (AvgIpc) is 2.62. The van der Waals surface area contributed by atoms with Crippen LogP contribution in [-0.4, -0.2) is 44.2 Å². The lowest BCUT2D eigenvalue weighted by molar-refractivity contribution is 0.186. The van der Waals surface area contributed by atoms with Gasteiger partial charge >= 0.3 is 0 Å². The summed E-state index contributed by atoms with van der Waals surface area (Å²) in [6.07, 6.45) is 9.51. The van der Waals surface area contributed by atoms with E-state index in [1.165, 1.54) is 30.2 Å². The van der Waals surface area contributed by atoms with Crippen LogP contribution in [0.3, 0.4) is 0 Å². The zero-order chi connectivity index (χ0) is 18.4. The first-order valence-corrected chi connectivity index (χ1v) is 11.0. The van der Waals surface area contributed by atoms with E-state index in [1.54, 1.807) is 0 Å². The highest BCUT2D eigenvalue weighted by molar-refractivity contribution is 7.92. The molecule has 2 aromatic rings. The minimum atomic E-state index is -3.21. The molecule has 3 rings (SSSR count). The third-order valence-corrected chi connectivity index (χ3v) is 5.53. The number of rotatable bonds is 7. The first kappa shape index (κ1) is 18.9. The van der Waals surface area contributed by atoms with Gasteiger partial charge in [0.1, 0.15) is 0 Å². The quantitative estimate of drug-likeness (QED) is 0.811. The molecule has 0 saturated carbocycles. The summed E-state index contributed by atoms with van der Waals surface area (Å²) < 4.78 is 25.0. The number of benzene rings is 1. The molecular weight excluding hydrogens is 346 g/mol. The first-order valence-electron chi connectivity index (χ1n) is 9.16. The van der Waals surface area contributed by atoms with Crippen molar-refractivity contribution in [3.63, 3.8) is 0 Å². The van der Waals surface area contributed by atoms with Gasteiger partial charge in [0.25, 0.3) is 0 Å². The molecule has 1 N–H and O–H groups in total. The van der Waals surface area contributed by atoms with Crippen LogP contribution in [0.4, 0.5) is 5.69 Å². The van der Waals surface area contributed by atoms with Crippen molar-refractivity contribution < 1.29 is 8.42 Å². The summed E-state index contributed by atoms with van der Waals surface area (Å²) in [5, 5.41) is 0. The van der Waals surface area contributed by atoms with Crippen LogP contribution in [0.5, 0.6) is 0 Å². The topological polar surface area (TPSA) is 62.3 Å². The molecule has 0 aliphatic carbocycles. The number of pyridine rings is 1. The van der Waals surface area contributed by atoms with Gasteiger partial charge in [-0.2, -0.15) is 0 Å². The molecule has 0 spiro atoms. The monoisotopic (exact) mass is 373 g/mol. The van der Waals surface area contributed by atoms with Crippen LogP contribution in [0.2, 0.25) is 0 Å². The number of sulfonamides is 1. The molecule has 0 atom stereocenters. The average molecular weight is 374 g/mol. The van der Waals surface area contributed by atoms with Gasteiger partial charge in [0.05, 0.1) is 6.26 Å². The first-order chi connectivity index (χ1) is 12.5. The molecule has 0 radical (unpaired) electrons. The van der Waals surface area contributed by atoms with Gasteiger partial charge in [0.2, 0.25) is 10.0 Å². The van der Waals surface area contributed by atoms with Gasteiger partial charge in [0, 0.05) is 24.6 Å². The van der Waals surface area contributed by atoms with E-state index in [-0.39, 0.29) is 0 Å². The molecule has 1 saturated heterocycles. The molecule has 0 bridgehead atoms. The fourth-order valence-electron chi connectivity index (χ4n) is 3.50. The van der Waals surface area contributed by atoms with Crippen LogP contribution in [0.1, 0.15) is 24.0 Å². The van der Waals surface area contributed by atoms with Crippen molar-refractivity contribution in [2.24, 2.45) is 5.92 Å². The summed E-state index contributed by atoms with van der Waals surface area (Å²) in [5.41, 5.74) is 3.21. The molecule has 1 fully saturated rings. The lowest BCUT2D eigenvalue weighted by Gasteiger charge is -2.32. The summed E-state index contributed by atoms with van der Waals surface area (Å²) in [4.78, 5) is 6.72. The lowest BCUT2D eigenvalue weighted by Crippen LogP contribution is -2.35. The van der Waals surface area contributed by atoms with Crippen molar-refractivity contribution in [1.29, 1.82) is 0 Å². The van der Waals surface area contributed by atoms with Crippen LogP contribution in [0.25, 0.3) is 0 Å². The molecule has 26 heavy (non-hydrogen) atoms. The minimum Gasteiger partial charge on any atom is -0.303 e. The number of nitrogens with one attached hydrogen (secondary N) is 1. The summed E-state index contributed by atoms with van der Waals surface area (Å²) in [6, 6.07) is 11.9. The molecule has 140 valence electrons. The van der Waals surface area contributed by atoms with Gasteiger partial charge in [-0.25, -0.2) is 8.42 Å². The third-order valence-electron chi connectivity index (χ3n) is 4.93. The number of anilines is 1. The fourth-order valence-corrected chi connectivity index (χ4v) is 4.07. The Bertz CT molecular complexity index is 784. The van der Waals surface area contributed by atoms with Crippen molar-refractivity contribution in [1.82, 2.24) is 9.88 Å². The van der Waals surface area contributed by atoms with E-state index in [2.05, 4.69) is 20.7 Å². The lowest BCUT2D eigenvalue weighted by atomic mass is 9.90. The Hall–Kier alpha value is -1.92. The Morgan fingerprint density at radius 3 is 2.46 bits per heavy atom. The number of hydrogen-bond acceptors (Lipinski definition) is 4. The summed E-state index contributed by atoms with van der Waals surface area (Å²) in [7, 11) is -3.21. The Morgan fingerprint density at radius 2 is 1.85 bits per heavy atom. The maximum atomic E-state index is 11.3. The van der Waals surface area contributed by atoms with Gasteiger partial charge in [-0.3, -0.25) is 9.71 Å². The molecule has 0 unspecified atom stereocenters. The van der Waals surface area contributed by atoms with Crippen LogP contribution in [-0.2, 0) is 22.9 Å². The van der Waals surface area contributed by atoms with Crippen molar-refractivity contribution in [3.8, 4) is 0 Å². The highest BCUT2D eigenvalue weighted by atomic mass is 32.2. The van der Waals surface area contributed by atoms with Gasteiger partial charge < -0.3 is 4.90 Å². The smallest absolute Gasteiger partial charge is 0.229 e. The molecule has 1 aliphatic rings. The summed E-state index contributed by atoms with van der Waals surface area (Å²) >= 11 is 0. The van der Waals surface area contributed by atoms with Crippen molar-refractivity contribution in [2.45, 2.75) is 25.7 Å². The number of piperidine rings is 1. The largest absolute Gasteiger partial charge is 0.303 e. The second kappa shape index (κ2) is 8.64. The van der Waals surface area contributed by atoms with E-state index in [0.29, 0.717) is 11.6 Å². The van der Waals surface area contributed by atoms with Gasteiger partial charge in [-0.05, 0) is 74.0 Å². The Kier molecular flexibility index (Phi) is 6.27. The van der Waals surface area contributed by atoms with Crippen LogP contribution in [0, 0.1) is 5.92 Å². The van der Waals surface area contributed by atoms with Crippen molar-refractivity contribution >= 4 is 15.7 Å². The fraction of sp³-hybridized carbons (Fsp3) is 0.450. The molecule has 5 nitrogen and oxygen atoms in total. The molecule has 0 amide bonds. The van der Waals surface area contributed by atoms with Crippen molar-refractivity contribution in [2.75, 3.05) is 30.6 Å². The van der Waals surface area contributed by atoms with E-state index in [0.717, 1.165) is 32.5 Å². The van der Waals surface area contributed by atoms with Gasteiger partial charge in [-0.1, -0.05) is 18.2 Å². The van der Waals surface area contributed by atoms with E-state index in [9.17, 15) is 8.42 Å². The second-order valence-corrected chi connectivity index (χ2v) is 8.92. The maximum Gasteiger partial charge on any atom is 0.229 e. The van der Waals surface area contributed by atoms with E-state index in [4.69, 9.17) is 0 Å².